The van der Waals surface area contributed by atoms with Gasteiger partial charge in [-0.2, -0.15) is 0 Å². The van der Waals surface area contributed by atoms with E-state index in [9.17, 15) is 14.0 Å². The van der Waals surface area contributed by atoms with Gasteiger partial charge in [0.05, 0.1) is 0 Å². The molecule has 2 heterocycles. The van der Waals surface area contributed by atoms with Crippen molar-refractivity contribution in [1.82, 2.24) is 15.1 Å². The van der Waals surface area contributed by atoms with Crippen molar-refractivity contribution in [1.29, 1.82) is 0 Å². The lowest BCUT2D eigenvalue weighted by Crippen LogP contribution is -2.52. The molecule has 26 heavy (non-hydrogen) atoms. The van der Waals surface area contributed by atoms with Crippen LogP contribution in [0.4, 0.5) is 9.18 Å². The van der Waals surface area contributed by atoms with E-state index >= 15 is 0 Å². The fraction of sp³-hybridized carbons (Fsp3) is 0.444. The van der Waals surface area contributed by atoms with Crippen LogP contribution in [0.25, 0.3) is 0 Å². The van der Waals surface area contributed by atoms with Gasteiger partial charge in [0.2, 0.25) is 0 Å². The molecule has 8 heteroatoms. The third-order valence-corrected chi connectivity index (χ3v) is 3.93. The minimum atomic E-state index is -1.00. The van der Waals surface area contributed by atoms with E-state index in [-0.39, 0.29) is 12.1 Å². The number of aldehydes is 1. The summed E-state index contributed by atoms with van der Waals surface area (Å²) in [6.45, 7) is 5.81. The van der Waals surface area contributed by atoms with Crippen molar-refractivity contribution >= 4 is 24.0 Å². The maximum atomic E-state index is 14.7. The largest absolute Gasteiger partial charge is 0.444 e. The summed E-state index contributed by atoms with van der Waals surface area (Å²) in [5, 5.41) is 3.46. The first kappa shape index (κ1) is 20.0. The Labute approximate surface area is 157 Å². The summed E-state index contributed by atoms with van der Waals surface area (Å²) in [6, 6.07) is 0. The van der Waals surface area contributed by atoms with Gasteiger partial charge in [-0.3, -0.25) is 9.69 Å². The van der Waals surface area contributed by atoms with E-state index in [1.54, 1.807) is 40.0 Å². The van der Waals surface area contributed by atoms with Crippen LogP contribution in [-0.4, -0.2) is 54.1 Å². The van der Waals surface area contributed by atoms with Crippen molar-refractivity contribution in [2.75, 3.05) is 20.1 Å². The van der Waals surface area contributed by atoms with Crippen LogP contribution in [0.3, 0.4) is 0 Å². The number of amides is 1. The zero-order valence-corrected chi connectivity index (χ0v) is 16.0. The number of ether oxygens (including phenoxy) is 1. The first-order valence-electron chi connectivity index (χ1n) is 8.15. The van der Waals surface area contributed by atoms with Gasteiger partial charge in [0.1, 0.15) is 16.6 Å². The van der Waals surface area contributed by atoms with Crippen molar-refractivity contribution in [3.8, 4) is 0 Å². The van der Waals surface area contributed by atoms with E-state index in [0.717, 1.165) is 11.6 Å². The zero-order valence-electron chi connectivity index (χ0n) is 15.3. The number of dihydropyridines is 1. The zero-order chi connectivity index (χ0) is 19.5. The van der Waals surface area contributed by atoms with Crippen LogP contribution in [0.1, 0.15) is 20.8 Å². The molecule has 142 valence electrons. The Hall–Kier alpha value is -2.28. The molecule has 2 aliphatic rings. The summed E-state index contributed by atoms with van der Waals surface area (Å²) in [4.78, 5) is 26.5. The summed E-state index contributed by atoms with van der Waals surface area (Å²) in [7, 11) is 1.60. The molecule has 0 bridgehead atoms. The number of allylic oxidation sites excluding steroid dienone is 4. The minimum absolute atomic E-state index is 0.142. The highest BCUT2D eigenvalue weighted by Crippen LogP contribution is 2.26. The van der Waals surface area contributed by atoms with Crippen molar-refractivity contribution < 1.29 is 18.7 Å². The normalized spacial score (nSPS) is 20.2. The monoisotopic (exact) mass is 383 g/mol. The van der Waals surface area contributed by atoms with E-state index in [1.807, 2.05) is 0 Å². The summed E-state index contributed by atoms with van der Waals surface area (Å²) in [5.74, 6) is -0.610. The van der Waals surface area contributed by atoms with Crippen molar-refractivity contribution in [2.45, 2.75) is 32.5 Å². The van der Waals surface area contributed by atoms with Crippen LogP contribution in [0.5, 0.6) is 0 Å². The number of nitrogens with one attached hydrogen (secondary N) is 1. The Morgan fingerprint density at radius 2 is 2.19 bits per heavy atom. The molecule has 1 amide bonds. The van der Waals surface area contributed by atoms with E-state index in [2.05, 4.69) is 5.32 Å². The fourth-order valence-electron chi connectivity index (χ4n) is 2.61. The summed E-state index contributed by atoms with van der Waals surface area (Å²) in [5.41, 5.74) is 0.305. The first-order chi connectivity index (χ1) is 12.1. The van der Waals surface area contributed by atoms with Gasteiger partial charge in [-0.05, 0) is 38.5 Å². The van der Waals surface area contributed by atoms with Crippen LogP contribution in [0.15, 0.2) is 46.6 Å². The Balaban J connectivity index is 2.31. The van der Waals surface area contributed by atoms with Gasteiger partial charge in [-0.1, -0.05) is 17.7 Å². The number of likely N-dealkylation sites (N-methyl/N-ethyl adjacent to an activating group) is 1. The van der Waals surface area contributed by atoms with E-state index < -0.39 is 23.7 Å². The average Bonchev–Trinajstić information content (AvgIpc) is 2.53. The minimum Gasteiger partial charge on any atom is -0.444 e. The Kier molecular flexibility index (Phi) is 6.13. The third kappa shape index (κ3) is 5.11. The van der Waals surface area contributed by atoms with Crippen LogP contribution >= 0.6 is 11.6 Å². The van der Waals surface area contributed by atoms with Gasteiger partial charge in [0.15, 0.2) is 12.5 Å². The number of nitrogens with zero attached hydrogens (tertiary/aromatic N) is 2. The summed E-state index contributed by atoms with van der Waals surface area (Å²) >= 11 is 5.88. The van der Waals surface area contributed by atoms with Gasteiger partial charge in [0, 0.05) is 31.9 Å². The number of hydrogen-bond acceptors (Lipinski definition) is 5. The molecule has 1 atom stereocenters. The molecule has 1 unspecified atom stereocenters. The van der Waals surface area contributed by atoms with E-state index in [4.69, 9.17) is 16.3 Å². The number of rotatable bonds is 4. The average molecular weight is 384 g/mol. The van der Waals surface area contributed by atoms with Gasteiger partial charge < -0.3 is 15.0 Å². The number of halogens is 2. The van der Waals surface area contributed by atoms with Crippen molar-refractivity contribution in [3.05, 3.63) is 46.6 Å². The van der Waals surface area contributed by atoms with Gasteiger partial charge in [0.25, 0.3) is 0 Å². The fourth-order valence-corrected chi connectivity index (χ4v) is 2.74. The highest BCUT2D eigenvalue weighted by atomic mass is 35.5. The molecule has 2 aliphatic heterocycles. The molecular weight excluding hydrogens is 361 g/mol. The number of carbonyl (C=O) groups excluding carboxylic acids is 2. The molecule has 0 fully saturated rings. The maximum absolute atomic E-state index is 14.7. The summed E-state index contributed by atoms with van der Waals surface area (Å²) in [6.07, 6.45) is 4.98. The van der Waals surface area contributed by atoms with Crippen molar-refractivity contribution in [3.63, 3.8) is 0 Å². The Bertz CT molecular complexity index is 707. The maximum Gasteiger partial charge on any atom is 0.412 e. The molecule has 0 aromatic rings. The topological polar surface area (TPSA) is 61.9 Å². The van der Waals surface area contributed by atoms with E-state index in [0.29, 0.717) is 18.0 Å². The molecule has 0 saturated heterocycles. The van der Waals surface area contributed by atoms with Crippen molar-refractivity contribution in [2.24, 2.45) is 0 Å². The molecule has 0 saturated carbocycles. The molecule has 0 aromatic carbocycles. The predicted octanol–water partition coefficient (Wildman–Crippen LogP) is 3.04. The lowest BCUT2D eigenvalue weighted by Gasteiger charge is -2.39. The van der Waals surface area contributed by atoms with Crippen LogP contribution in [0.2, 0.25) is 0 Å². The smallest absolute Gasteiger partial charge is 0.412 e. The quantitative estimate of drug-likeness (QED) is 0.597. The molecule has 0 aromatic heterocycles. The lowest BCUT2D eigenvalue weighted by atomic mass is 10.1. The van der Waals surface area contributed by atoms with Gasteiger partial charge in [-0.25, -0.2) is 9.18 Å². The Morgan fingerprint density at radius 3 is 2.69 bits per heavy atom. The lowest BCUT2D eigenvalue weighted by molar-refractivity contribution is -0.104. The number of carbonyl (C=O) groups is 2. The molecule has 1 N–H and O–H groups in total. The van der Waals surface area contributed by atoms with Gasteiger partial charge >= 0.3 is 6.09 Å². The molecule has 2 rings (SSSR count). The SMILES string of the molecule is CN1C=C(C=O)C=C(F)C1N(CC1=CC=C(Cl)NC1)C(=O)OC(C)(C)C. The highest BCUT2D eigenvalue weighted by Gasteiger charge is 2.35. The second kappa shape index (κ2) is 7.95. The Morgan fingerprint density at radius 1 is 1.50 bits per heavy atom. The molecule has 0 aliphatic carbocycles. The predicted molar refractivity (Wildman–Crippen MR) is 97.9 cm³/mol. The molecule has 6 nitrogen and oxygen atoms in total. The van der Waals surface area contributed by atoms with Crippen LogP contribution in [-0.2, 0) is 9.53 Å². The third-order valence-electron chi connectivity index (χ3n) is 3.67. The first-order valence-corrected chi connectivity index (χ1v) is 8.53. The molecular formula is C18H23ClFN3O3. The molecule has 0 spiro atoms. The highest BCUT2D eigenvalue weighted by molar-refractivity contribution is 6.29. The van der Waals surface area contributed by atoms with Gasteiger partial charge in [-0.15, -0.1) is 0 Å². The summed E-state index contributed by atoms with van der Waals surface area (Å²) < 4.78 is 20.1. The second-order valence-electron chi connectivity index (χ2n) is 7.12. The standard InChI is InChI=1S/C18H23ClFN3O3/c1-18(2,3)26-17(25)23(10-12-5-6-15(19)21-8-12)16-14(20)7-13(11-24)9-22(16)4/h5-7,9,11,16,21H,8,10H2,1-4H3. The number of hydrogen-bond donors (Lipinski definition) is 1. The van der Waals surface area contributed by atoms with Crippen LogP contribution in [0, 0.1) is 0 Å². The molecule has 0 radical (unpaired) electrons. The van der Waals surface area contributed by atoms with Crippen LogP contribution < -0.4 is 5.32 Å². The van der Waals surface area contributed by atoms with E-state index in [1.165, 1.54) is 16.0 Å². The second-order valence-corrected chi connectivity index (χ2v) is 7.52.